The van der Waals surface area contributed by atoms with Gasteiger partial charge >= 0.3 is 18.2 Å². The number of thioether (sulfide) groups is 2. The Morgan fingerprint density at radius 2 is 1.31 bits per heavy atom. The predicted octanol–water partition coefficient (Wildman–Crippen LogP) is 5.96. The number of nitrogens with one attached hydrogen (secondary N) is 1. The number of rotatable bonds is 9. The van der Waals surface area contributed by atoms with Gasteiger partial charge in [-0.3, -0.25) is 0 Å². The molecule has 4 N–H and O–H groups in total. The number of benzene rings is 2. The maximum atomic E-state index is 11.3. The van der Waals surface area contributed by atoms with Gasteiger partial charge in [-0.25, -0.2) is 9.59 Å². The van der Waals surface area contributed by atoms with Gasteiger partial charge in [0.25, 0.3) is 0 Å². The highest BCUT2D eigenvalue weighted by Crippen LogP contribution is 2.13. The first kappa shape index (κ1) is 33.6. The van der Waals surface area contributed by atoms with E-state index in [1.165, 1.54) is 11.1 Å². The summed E-state index contributed by atoms with van der Waals surface area (Å²) in [5, 5.41) is 9.87. The summed E-state index contributed by atoms with van der Waals surface area (Å²) < 4.78 is 36.9. The molecular formula is C25H35F3N2O4S2. The van der Waals surface area contributed by atoms with E-state index in [1.54, 1.807) is 11.8 Å². The Hall–Kier alpha value is -2.37. The number of alkyl carbamates (subject to hydrolysis) is 1. The topological polar surface area (TPSA) is 102 Å². The minimum atomic E-state index is -5.08. The van der Waals surface area contributed by atoms with Crippen LogP contribution in [0.15, 0.2) is 60.7 Å². The summed E-state index contributed by atoms with van der Waals surface area (Å²) >= 11 is 3.68. The monoisotopic (exact) mass is 548 g/mol. The molecule has 36 heavy (non-hydrogen) atoms. The van der Waals surface area contributed by atoms with Crippen molar-refractivity contribution < 1.29 is 32.6 Å². The van der Waals surface area contributed by atoms with E-state index in [4.69, 9.17) is 20.4 Å². The van der Waals surface area contributed by atoms with E-state index in [0.717, 1.165) is 29.6 Å². The number of hydrogen-bond donors (Lipinski definition) is 3. The van der Waals surface area contributed by atoms with Crippen LogP contribution in [0.25, 0.3) is 0 Å². The Kier molecular flexibility index (Phi) is 17.6. The molecule has 0 aliphatic rings. The van der Waals surface area contributed by atoms with Crippen LogP contribution in [0.5, 0.6) is 0 Å². The lowest BCUT2D eigenvalue weighted by Gasteiger charge is -2.19. The number of hydrogen-bond acceptors (Lipinski definition) is 6. The van der Waals surface area contributed by atoms with Gasteiger partial charge in [0.05, 0.1) is 0 Å². The number of carboxylic acids is 1. The minimum Gasteiger partial charge on any atom is -0.475 e. The first-order valence-corrected chi connectivity index (χ1v) is 13.4. The van der Waals surface area contributed by atoms with Crippen molar-refractivity contribution in [2.24, 2.45) is 5.73 Å². The molecule has 0 saturated heterocycles. The summed E-state index contributed by atoms with van der Waals surface area (Å²) in [4.78, 5) is 20.2. The molecule has 0 aliphatic carbocycles. The van der Waals surface area contributed by atoms with E-state index in [-0.39, 0.29) is 6.09 Å². The molecule has 0 radical (unpaired) electrons. The third-order valence-corrected chi connectivity index (χ3v) is 5.73. The molecule has 2 aromatic rings. The normalized spacial score (nSPS) is 10.8. The predicted molar refractivity (Wildman–Crippen MR) is 142 cm³/mol. The first-order valence-electron chi connectivity index (χ1n) is 11.1. The Morgan fingerprint density at radius 1 is 0.889 bits per heavy atom. The molecule has 202 valence electrons. The third kappa shape index (κ3) is 21.0. The van der Waals surface area contributed by atoms with Crippen LogP contribution in [0.3, 0.4) is 0 Å². The van der Waals surface area contributed by atoms with Crippen LogP contribution in [0.2, 0.25) is 0 Å². The smallest absolute Gasteiger partial charge is 0.475 e. The molecule has 0 saturated carbocycles. The Balaban J connectivity index is 0.000000576. The third-order valence-electron chi connectivity index (χ3n) is 3.64. The van der Waals surface area contributed by atoms with Crippen molar-refractivity contribution in [1.29, 1.82) is 0 Å². The van der Waals surface area contributed by atoms with Gasteiger partial charge in [0.2, 0.25) is 0 Å². The summed E-state index contributed by atoms with van der Waals surface area (Å²) in [5.41, 5.74) is 7.63. The number of nitrogens with two attached hydrogens (primary N) is 1. The van der Waals surface area contributed by atoms with E-state index < -0.39 is 17.7 Å². The average molecular weight is 549 g/mol. The fourth-order valence-electron chi connectivity index (χ4n) is 2.15. The highest BCUT2D eigenvalue weighted by Gasteiger charge is 2.38. The second-order valence-corrected chi connectivity index (χ2v) is 10.3. The van der Waals surface area contributed by atoms with E-state index in [0.29, 0.717) is 6.54 Å². The number of carbonyl (C=O) groups excluding carboxylic acids is 1. The van der Waals surface area contributed by atoms with Crippen LogP contribution in [-0.4, -0.2) is 53.5 Å². The van der Waals surface area contributed by atoms with Crippen LogP contribution < -0.4 is 11.1 Å². The molecule has 2 aromatic carbocycles. The fourth-order valence-corrected chi connectivity index (χ4v) is 3.71. The van der Waals surface area contributed by atoms with Gasteiger partial charge in [0.1, 0.15) is 5.60 Å². The molecule has 0 atom stereocenters. The second kappa shape index (κ2) is 18.8. The zero-order valence-corrected chi connectivity index (χ0v) is 22.3. The van der Waals surface area contributed by atoms with Gasteiger partial charge in [0.15, 0.2) is 0 Å². The van der Waals surface area contributed by atoms with Crippen LogP contribution in [0.1, 0.15) is 31.9 Å². The van der Waals surface area contributed by atoms with Crippen molar-refractivity contribution in [3.63, 3.8) is 0 Å². The van der Waals surface area contributed by atoms with Crippen LogP contribution in [0.4, 0.5) is 18.0 Å². The molecule has 6 nitrogen and oxygen atoms in total. The van der Waals surface area contributed by atoms with Gasteiger partial charge in [-0.2, -0.15) is 36.7 Å². The maximum absolute atomic E-state index is 11.3. The number of carbonyl (C=O) groups is 2. The fraction of sp³-hybridized carbons (Fsp3) is 0.440. The largest absolute Gasteiger partial charge is 0.490 e. The molecule has 0 heterocycles. The molecular weight excluding hydrogens is 513 g/mol. The van der Waals surface area contributed by atoms with Crippen LogP contribution in [-0.2, 0) is 21.0 Å². The van der Waals surface area contributed by atoms with E-state index in [9.17, 15) is 18.0 Å². The number of halogens is 3. The molecule has 0 unspecified atom stereocenters. The van der Waals surface area contributed by atoms with Crippen molar-refractivity contribution in [1.82, 2.24) is 5.32 Å². The Morgan fingerprint density at radius 3 is 1.67 bits per heavy atom. The number of amides is 1. The molecule has 2 rings (SSSR count). The summed E-state index contributed by atoms with van der Waals surface area (Å²) in [7, 11) is 0. The lowest BCUT2D eigenvalue weighted by Crippen LogP contribution is -2.33. The van der Waals surface area contributed by atoms with Gasteiger partial charge < -0.3 is 20.9 Å². The van der Waals surface area contributed by atoms with Crippen molar-refractivity contribution in [2.75, 3.05) is 24.6 Å². The van der Waals surface area contributed by atoms with Crippen molar-refractivity contribution in [3.05, 3.63) is 71.8 Å². The number of alkyl halides is 3. The summed E-state index contributed by atoms with van der Waals surface area (Å²) in [6, 6.07) is 20.8. The second-order valence-electron chi connectivity index (χ2n) is 8.10. The maximum Gasteiger partial charge on any atom is 0.490 e. The van der Waals surface area contributed by atoms with E-state index in [2.05, 4.69) is 41.7 Å². The molecule has 11 heteroatoms. The first-order chi connectivity index (χ1) is 16.8. The molecule has 0 fully saturated rings. The van der Waals surface area contributed by atoms with Crippen LogP contribution in [0, 0.1) is 0 Å². The van der Waals surface area contributed by atoms with E-state index >= 15 is 0 Å². The number of carboxylic acid groups (broad SMARTS) is 1. The summed E-state index contributed by atoms with van der Waals surface area (Å²) in [6.07, 6.45) is -5.43. The van der Waals surface area contributed by atoms with Crippen molar-refractivity contribution in [2.45, 2.75) is 44.1 Å². The SMILES string of the molecule is CC(C)(C)OC(=O)NCCSCc1ccccc1.NCCSCc1ccccc1.O=C(O)C(F)(F)F. The van der Waals surface area contributed by atoms with Gasteiger partial charge in [-0.05, 0) is 31.9 Å². The molecule has 0 bridgehead atoms. The molecule has 0 aromatic heterocycles. The number of aliphatic carboxylic acids is 1. The van der Waals surface area contributed by atoms with Crippen LogP contribution >= 0.6 is 23.5 Å². The van der Waals surface area contributed by atoms with Gasteiger partial charge in [-0.15, -0.1) is 0 Å². The summed E-state index contributed by atoms with van der Waals surface area (Å²) in [6.45, 7) is 6.98. The van der Waals surface area contributed by atoms with Gasteiger partial charge in [-0.1, -0.05) is 60.7 Å². The molecule has 0 spiro atoms. The summed E-state index contributed by atoms with van der Waals surface area (Å²) in [5.74, 6) is 1.23. The zero-order chi connectivity index (χ0) is 27.5. The van der Waals surface area contributed by atoms with Gasteiger partial charge in [0, 0.05) is 36.1 Å². The quantitative estimate of drug-likeness (QED) is 0.333. The Labute approximate surface area is 219 Å². The van der Waals surface area contributed by atoms with Crippen molar-refractivity contribution >= 4 is 35.6 Å². The molecule has 1 amide bonds. The Bertz CT molecular complexity index is 850. The number of ether oxygens (including phenoxy) is 1. The standard InChI is InChI=1S/C14H21NO2S.C9H13NS.C2HF3O2/c1-14(2,3)17-13(16)15-9-10-18-11-12-7-5-4-6-8-12;10-6-7-11-8-9-4-2-1-3-5-9;3-2(4,5)1(6)7/h4-8H,9-11H2,1-3H3,(H,15,16);1-5H,6-8,10H2;(H,6,7). The lowest BCUT2D eigenvalue weighted by molar-refractivity contribution is -0.192. The minimum absolute atomic E-state index is 0.345. The highest BCUT2D eigenvalue weighted by molar-refractivity contribution is 7.98. The van der Waals surface area contributed by atoms with E-state index in [1.807, 2.05) is 56.8 Å². The molecule has 0 aliphatic heterocycles. The average Bonchev–Trinajstić information content (AvgIpc) is 2.79. The zero-order valence-electron chi connectivity index (χ0n) is 20.7. The highest BCUT2D eigenvalue weighted by atomic mass is 32.2. The lowest BCUT2D eigenvalue weighted by atomic mass is 10.2. The van der Waals surface area contributed by atoms with Crippen molar-refractivity contribution in [3.8, 4) is 0 Å².